The van der Waals surface area contributed by atoms with E-state index in [4.69, 9.17) is 34.8 Å². The minimum absolute atomic E-state index is 0.205. The summed E-state index contributed by atoms with van der Waals surface area (Å²) in [5, 5.41) is 7.96. The van der Waals surface area contributed by atoms with Gasteiger partial charge in [0, 0.05) is 6.04 Å². The molecule has 0 saturated carbocycles. The molecule has 0 fully saturated rings. The molecular formula is C9H14Cl3N3. The maximum absolute atomic E-state index is 5.84. The lowest BCUT2D eigenvalue weighted by Crippen LogP contribution is -2.12. The quantitative estimate of drug-likeness (QED) is 0.765. The van der Waals surface area contributed by atoms with Gasteiger partial charge in [0.05, 0.1) is 5.69 Å². The molecule has 3 nitrogen and oxygen atoms in total. The van der Waals surface area contributed by atoms with Crippen molar-refractivity contribution in [3.05, 3.63) is 11.4 Å². The zero-order chi connectivity index (χ0) is 11.8. The van der Waals surface area contributed by atoms with Gasteiger partial charge in [-0.2, -0.15) is 0 Å². The first-order chi connectivity index (χ1) is 6.75. The molecule has 0 aliphatic heterocycles. The van der Waals surface area contributed by atoms with Crippen LogP contribution in [0.4, 0.5) is 0 Å². The monoisotopic (exact) mass is 269 g/mol. The average Bonchev–Trinajstić information content (AvgIpc) is 2.45. The Balaban J connectivity index is 3.31. The molecule has 0 aliphatic rings. The fraction of sp³-hybridized carbons (Fsp3) is 0.778. The van der Waals surface area contributed by atoms with E-state index >= 15 is 0 Å². The van der Waals surface area contributed by atoms with E-state index in [1.54, 1.807) is 4.68 Å². The summed E-state index contributed by atoms with van der Waals surface area (Å²) in [7, 11) is 0. The molecule has 1 rings (SSSR count). The predicted molar refractivity (Wildman–Crippen MR) is 63.7 cm³/mol. The number of alkyl halides is 3. The Labute approximate surface area is 105 Å². The molecule has 1 aromatic rings. The Morgan fingerprint density at radius 1 is 1.13 bits per heavy atom. The highest BCUT2D eigenvalue weighted by molar-refractivity contribution is 6.66. The van der Waals surface area contributed by atoms with E-state index in [1.165, 1.54) is 0 Å². The largest absolute Gasteiger partial charge is 0.246 e. The summed E-state index contributed by atoms with van der Waals surface area (Å²) in [6, 6.07) is 0.205. The fourth-order valence-electron chi connectivity index (χ4n) is 1.42. The highest BCUT2D eigenvalue weighted by Gasteiger charge is 2.33. The number of rotatable bonds is 2. The molecule has 15 heavy (non-hydrogen) atoms. The first kappa shape index (κ1) is 13.1. The van der Waals surface area contributed by atoms with Crippen LogP contribution >= 0.6 is 34.8 Å². The van der Waals surface area contributed by atoms with Crippen molar-refractivity contribution in [2.45, 2.75) is 43.4 Å². The summed E-state index contributed by atoms with van der Waals surface area (Å²) in [5.74, 6) is 0.216. The van der Waals surface area contributed by atoms with Crippen molar-refractivity contribution in [1.82, 2.24) is 15.0 Å². The summed E-state index contributed by atoms with van der Waals surface area (Å²) in [6.07, 6.45) is 0. The van der Waals surface area contributed by atoms with Gasteiger partial charge in [-0.1, -0.05) is 53.9 Å². The van der Waals surface area contributed by atoms with Gasteiger partial charge < -0.3 is 0 Å². The fourth-order valence-corrected chi connectivity index (χ4v) is 1.83. The van der Waals surface area contributed by atoms with Crippen LogP contribution in [0.3, 0.4) is 0 Å². The number of hydrogen-bond acceptors (Lipinski definition) is 2. The minimum atomic E-state index is -1.51. The third kappa shape index (κ3) is 2.77. The molecule has 0 N–H and O–H groups in total. The number of hydrogen-bond donors (Lipinski definition) is 0. The van der Waals surface area contributed by atoms with Crippen LogP contribution in [0.15, 0.2) is 0 Å². The molecule has 1 aromatic heterocycles. The molecule has 0 amide bonds. The van der Waals surface area contributed by atoms with Crippen molar-refractivity contribution < 1.29 is 0 Å². The van der Waals surface area contributed by atoms with Crippen molar-refractivity contribution in [2.75, 3.05) is 0 Å². The maximum Gasteiger partial charge on any atom is 0.236 e. The third-order valence-electron chi connectivity index (χ3n) is 2.04. The molecule has 0 radical (unpaired) electrons. The Morgan fingerprint density at radius 2 is 1.67 bits per heavy atom. The SMILES string of the molecule is CC(C)c1c(C(Cl)(Cl)Cl)nnn1C(C)C. The van der Waals surface area contributed by atoms with Crippen LogP contribution in [-0.4, -0.2) is 15.0 Å². The van der Waals surface area contributed by atoms with Crippen LogP contribution in [0.5, 0.6) is 0 Å². The van der Waals surface area contributed by atoms with Crippen molar-refractivity contribution in [2.24, 2.45) is 0 Å². The molecule has 0 saturated heterocycles. The normalized spacial score (nSPS) is 12.9. The first-order valence-electron chi connectivity index (χ1n) is 4.77. The molecule has 0 unspecified atom stereocenters. The van der Waals surface area contributed by atoms with Gasteiger partial charge in [0.2, 0.25) is 3.79 Å². The van der Waals surface area contributed by atoms with Crippen molar-refractivity contribution in [3.63, 3.8) is 0 Å². The molecule has 0 spiro atoms. The van der Waals surface area contributed by atoms with Gasteiger partial charge in [0.25, 0.3) is 0 Å². The van der Waals surface area contributed by atoms with E-state index in [9.17, 15) is 0 Å². The van der Waals surface area contributed by atoms with Crippen LogP contribution in [0.2, 0.25) is 0 Å². The van der Waals surface area contributed by atoms with Crippen LogP contribution in [0.25, 0.3) is 0 Å². The van der Waals surface area contributed by atoms with Gasteiger partial charge in [0.1, 0.15) is 5.69 Å². The predicted octanol–water partition coefficient (Wildman–Crippen LogP) is 3.81. The van der Waals surface area contributed by atoms with Gasteiger partial charge in [-0.25, -0.2) is 4.68 Å². The molecular weight excluding hydrogens is 256 g/mol. The van der Waals surface area contributed by atoms with Gasteiger partial charge >= 0.3 is 0 Å². The Kier molecular flexibility index (Phi) is 3.90. The second-order valence-corrected chi connectivity index (χ2v) is 6.30. The Morgan fingerprint density at radius 3 is 2.00 bits per heavy atom. The molecule has 1 heterocycles. The average molecular weight is 271 g/mol. The summed E-state index contributed by atoms with van der Waals surface area (Å²) in [5.41, 5.74) is 1.31. The van der Waals surface area contributed by atoms with Crippen LogP contribution in [-0.2, 0) is 3.79 Å². The molecule has 86 valence electrons. The lowest BCUT2D eigenvalue weighted by molar-refractivity contribution is 0.484. The van der Waals surface area contributed by atoms with Crippen LogP contribution < -0.4 is 0 Å². The van der Waals surface area contributed by atoms with E-state index in [0.29, 0.717) is 5.69 Å². The second-order valence-electron chi connectivity index (χ2n) is 4.01. The molecule has 0 atom stereocenters. The maximum atomic E-state index is 5.84. The van der Waals surface area contributed by atoms with Gasteiger partial charge in [-0.15, -0.1) is 5.10 Å². The smallest absolute Gasteiger partial charge is 0.236 e. The highest BCUT2D eigenvalue weighted by atomic mass is 35.6. The van der Waals surface area contributed by atoms with Gasteiger partial charge in [-0.05, 0) is 19.8 Å². The second kappa shape index (κ2) is 4.48. The summed E-state index contributed by atoms with van der Waals surface area (Å²) < 4.78 is 0.286. The van der Waals surface area contributed by atoms with E-state index in [2.05, 4.69) is 10.3 Å². The molecule has 6 heteroatoms. The van der Waals surface area contributed by atoms with Crippen molar-refractivity contribution >= 4 is 34.8 Å². The Bertz CT molecular complexity index is 339. The van der Waals surface area contributed by atoms with Crippen LogP contribution in [0, 0.1) is 0 Å². The summed E-state index contributed by atoms with van der Waals surface area (Å²) in [4.78, 5) is 0. The number of nitrogens with zero attached hydrogens (tertiary/aromatic N) is 3. The van der Waals surface area contributed by atoms with Crippen molar-refractivity contribution in [3.8, 4) is 0 Å². The lowest BCUT2D eigenvalue weighted by Gasteiger charge is -2.16. The first-order valence-corrected chi connectivity index (χ1v) is 5.90. The zero-order valence-corrected chi connectivity index (χ0v) is 11.4. The van der Waals surface area contributed by atoms with E-state index < -0.39 is 3.79 Å². The molecule has 0 aromatic carbocycles. The topological polar surface area (TPSA) is 30.7 Å². The van der Waals surface area contributed by atoms with Crippen LogP contribution in [0.1, 0.15) is 51.0 Å². The summed E-state index contributed by atoms with van der Waals surface area (Å²) in [6.45, 7) is 8.08. The van der Waals surface area contributed by atoms with Gasteiger partial charge in [0.15, 0.2) is 0 Å². The van der Waals surface area contributed by atoms with E-state index in [1.807, 2.05) is 27.7 Å². The Hall–Kier alpha value is 0.01000. The van der Waals surface area contributed by atoms with E-state index in [0.717, 1.165) is 5.69 Å². The van der Waals surface area contributed by atoms with Gasteiger partial charge in [-0.3, -0.25) is 0 Å². The standard InChI is InChI=1S/C9H14Cl3N3/c1-5(2)7-8(9(10,11)12)13-14-15(7)6(3)4/h5-6H,1-4H3. The minimum Gasteiger partial charge on any atom is -0.246 e. The number of aromatic nitrogens is 3. The zero-order valence-electron chi connectivity index (χ0n) is 9.13. The molecule has 0 aliphatic carbocycles. The van der Waals surface area contributed by atoms with Crippen molar-refractivity contribution in [1.29, 1.82) is 0 Å². The van der Waals surface area contributed by atoms with E-state index in [-0.39, 0.29) is 12.0 Å². The number of halogens is 3. The molecule has 0 bridgehead atoms. The lowest BCUT2D eigenvalue weighted by atomic mass is 10.1. The highest BCUT2D eigenvalue weighted by Crippen LogP contribution is 2.40. The third-order valence-corrected chi connectivity index (χ3v) is 2.57. The summed E-state index contributed by atoms with van der Waals surface area (Å²) >= 11 is 17.5.